The Morgan fingerprint density at radius 1 is 1.33 bits per heavy atom. The van der Waals surface area contributed by atoms with E-state index in [1.54, 1.807) is 12.1 Å². The predicted molar refractivity (Wildman–Crippen MR) is 85.7 cm³/mol. The first kappa shape index (κ1) is 15.7. The van der Waals surface area contributed by atoms with Gasteiger partial charge in [-0.3, -0.25) is 9.59 Å². The fourth-order valence-electron chi connectivity index (χ4n) is 1.89. The van der Waals surface area contributed by atoms with Crippen molar-refractivity contribution < 1.29 is 9.59 Å². The number of amides is 2. The van der Waals surface area contributed by atoms with Crippen LogP contribution in [0.3, 0.4) is 0 Å². The molecule has 1 aromatic heterocycles. The average Bonchev–Trinajstić information content (AvgIpc) is 2.76. The van der Waals surface area contributed by atoms with E-state index in [2.05, 4.69) is 15.6 Å². The molecule has 2 aromatic rings. The molecule has 0 saturated carbocycles. The lowest BCUT2D eigenvalue weighted by Crippen LogP contribution is -2.46. The molecule has 1 atom stereocenters. The van der Waals surface area contributed by atoms with Gasteiger partial charge in [-0.25, -0.2) is 4.98 Å². The van der Waals surface area contributed by atoms with Crippen LogP contribution in [0.4, 0.5) is 5.13 Å². The lowest BCUT2D eigenvalue weighted by atomic mass is 10.0. The van der Waals surface area contributed by atoms with Crippen molar-refractivity contribution in [3.8, 4) is 0 Å². The van der Waals surface area contributed by atoms with Crippen molar-refractivity contribution >= 4 is 50.1 Å². The number of anilines is 1. The number of hydrogen-bond acceptors (Lipinski definition) is 4. The molecule has 112 valence electrons. The molecule has 1 heterocycles. The predicted octanol–water partition coefficient (Wildman–Crippen LogP) is 3.05. The number of benzene rings is 1. The quantitative estimate of drug-likeness (QED) is 0.907. The molecule has 0 aliphatic rings. The molecule has 1 aromatic carbocycles. The van der Waals surface area contributed by atoms with Gasteiger partial charge in [0.25, 0.3) is 0 Å². The monoisotopic (exact) mass is 325 g/mol. The third-order valence-electron chi connectivity index (χ3n) is 2.89. The molecule has 0 unspecified atom stereocenters. The minimum Gasteiger partial charge on any atom is -0.344 e. The first-order valence-electron chi connectivity index (χ1n) is 6.51. The molecule has 0 aliphatic carbocycles. The second-order valence-corrected chi connectivity index (χ2v) is 6.51. The van der Waals surface area contributed by atoms with Crippen molar-refractivity contribution in [1.29, 1.82) is 0 Å². The van der Waals surface area contributed by atoms with Crippen LogP contribution in [0.1, 0.15) is 20.8 Å². The van der Waals surface area contributed by atoms with Crippen LogP contribution in [0.25, 0.3) is 10.2 Å². The number of nitrogens with zero attached hydrogens (tertiary/aromatic N) is 1. The maximum absolute atomic E-state index is 12.2. The van der Waals surface area contributed by atoms with Gasteiger partial charge in [-0.1, -0.05) is 36.8 Å². The largest absolute Gasteiger partial charge is 0.344 e. The molecule has 2 rings (SSSR count). The van der Waals surface area contributed by atoms with Crippen molar-refractivity contribution in [3.05, 3.63) is 23.2 Å². The van der Waals surface area contributed by atoms with Gasteiger partial charge in [-0.2, -0.15) is 0 Å². The third-order valence-corrected chi connectivity index (χ3v) is 4.07. The Morgan fingerprint density at radius 3 is 2.67 bits per heavy atom. The zero-order valence-corrected chi connectivity index (χ0v) is 13.5. The average molecular weight is 326 g/mol. The van der Waals surface area contributed by atoms with Crippen LogP contribution in [0, 0.1) is 5.92 Å². The smallest absolute Gasteiger partial charge is 0.248 e. The second kappa shape index (κ2) is 6.41. The molecule has 5 nitrogen and oxygen atoms in total. The summed E-state index contributed by atoms with van der Waals surface area (Å²) in [5.74, 6) is -0.525. The minimum atomic E-state index is -0.585. The van der Waals surface area contributed by atoms with Crippen molar-refractivity contribution in [3.63, 3.8) is 0 Å². The molecule has 7 heteroatoms. The SMILES string of the molecule is CC(=O)N[C@@H](C(=O)Nc1nc2cc(Cl)ccc2s1)C(C)C. The summed E-state index contributed by atoms with van der Waals surface area (Å²) >= 11 is 7.28. The van der Waals surface area contributed by atoms with E-state index < -0.39 is 6.04 Å². The molecule has 0 aliphatic heterocycles. The highest BCUT2D eigenvalue weighted by Gasteiger charge is 2.23. The summed E-state index contributed by atoms with van der Waals surface area (Å²) in [7, 11) is 0. The minimum absolute atomic E-state index is 0.0160. The van der Waals surface area contributed by atoms with Crippen LogP contribution in [0.5, 0.6) is 0 Å². The van der Waals surface area contributed by atoms with Crippen LogP contribution in [-0.4, -0.2) is 22.8 Å². The van der Waals surface area contributed by atoms with Crippen molar-refractivity contribution in [2.75, 3.05) is 5.32 Å². The zero-order valence-electron chi connectivity index (χ0n) is 11.9. The van der Waals surface area contributed by atoms with E-state index in [1.165, 1.54) is 18.3 Å². The van der Waals surface area contributed by atoms with Gasteiger partial charge in [0.15, 0.2) is 5.13 Å². The van der Waals surface area contributed by atoms with Gasteiger partial charge >= 0.3 is 0 Å². The summed E-state index contributed by atoms with van der Waals surface area (Å²) in [6, 6.07) is 4.80. The zero-order chi connectivity index (χ0) is 15.6. The van der Waals surface area contributed by atoms with Crippen LogP contribution >= 0.6 is 22.9 Å². The number of halogens is 1. The fraction of sp³-hybridized carbons (Fsp3) is 0.357. The summed E-state index contributed by atoms with van der Waals surface area (Å²) in [5.41, 5.74) is 0.739. The van der Waals surface area contributed by atoms with Gasteiger partial charge in [-0.05, 0) is 24.1 Å². The highest BCUT2D eigenvalue weighted by molar-refractivity contribution is 7.22. The van der Waals surface area contributed by atoms with Crippen LogP contribution in [0.2, 0.25) is 5.02 Å². The molecule has 0 spiro atoms. The Morgan fingerprint density at radius 2 is 2.05 bits per heavy atom. The normalized spacial score (nSPS) is 12.4. The van der Waals surface area contributed by atoms with E-state index in [1.807, 2.05) is 19.9 Å². The summed E-state index contributed by atoms with van der Waals surface area (Å²) < 4.78 is 0.940. The standard InChI is InChI=1S/C14H16ClN3O2S/c1-7(2)12(16-8(3)19)13(20)18-14-17-10-6-9(15)4-5-11(10)21-14/h4-7,12H,1-3H3,(H,16,19)(H,17,18,20)/t12-/m1/s1. The number of rotatable bonds is 4. The second-order valence-electron chi connectivity index (χ2n) is 5.04. The van der Waals surface area contributed by atoms with Crippen LogP contribution in [-0.2, 0) is 9.59 Å². The Kier molecular flexibility index (Phi) is 4.80. The first-order chi connectivity index (χ1) is 9.86. The first-order valence-corrected chi connectivity index (χ1v) is 7.70. The Bertz CT molecular complexity index is 684. The number of aromatic nitrogens is 1. The topological polar surface area (TPSA) is 71.1 Å². The van der Waals surface area contributed by atoms with Gasteiger partial charge in [0.2, 0.25) is 11.8 Å². The van der Waals surface area contributed by atoms with Gasteiger partial charge in [0, 0.05) is 11.9 Å². The van der Waals surface area contributed by atoms with E-state index in [0.717, 1.165) is 10.2 Å². The summed E-state index contributed by atoms with van der Waals surface area (Å²) in [5, 5.41) is 6.49. The van der Waals surface area contributed by atoms with Gasteiger partial charge in [-0.15, -0.1) is 0 Å². The number of nitrogens with one attached hydrogen (secondary N) is 2. The summed E-state index contributed by atoms with van der Waals surface area (Å²) in [6.45, 7) is 5.14. The molecular weight excluding hydrogens is 310 g/mol. The molecule has 0 fully saturated rings. The number of carbonyl (C=O) groups excluding carboxylic acids is 2. The maximum Gasteiger partial charge on any atom is 0.248 e. The lowest BCUT2D eigenvalue weighted by molar-refractivity contribution is -0.126. The van der Waals surface area contributed by atoms with Crippen molar-refractivity contribution in [1.82, 2.24) is 10.3 Å². The molecular formula is C14H16ClN3O2S. The highest BCUT2D eigenvalue weighted by Crippen LogP contribution is 2.28. The molecule has 21 heavy (non-hydrogen) atoms. The molecule has 2 N–H and O–H groups in total. The number of fused-ring (bicyclic) bond motifs is 1. The van der Waals surface area contributed by atoms with Crippen molar-refractivity contribution in [2.45, 2.75) is 26.8 Å². The van der Waals surface area contributed by atoms with Crippen LogP contribution < -0.4 is 10.6 Å². The highest BCUT2D eigenvalue weighted by atomic mass is 35.5. The van der Waals surface area contributed by atoms with Gasteiger partial charge in [0.05, 0.1) is 10.2 Å². The maximum atomic E-state index is 12.2. The van der Waals surface area contributed by atoms with E-state index >= 15 is 0 Å². The third kappa shape index (κ3) is 3.92. The fourth-order valence-corrected chi connectivity index (χ4v) is 2.91. The van der Waals surface area contributed by atoms with Gasteiger partial charge in [0.1, 0.15) is 6.04 Å². The van der Waals surface area contributed by atoms with E-state index in [4.69, 9.17) is 11.6 Å². The molecule has 0 saturated heterocycles. The van der Waals surface area contributed by atoms with E-state index in [-0.39, 0.29) is 17.7 Å². The van der Waals surface area contributed by atoms with E-state index in [9.17, 15) is 9.59 Å². The molecule has 0 radical (unpaired) electrons. The Labute approximate surface area is 131 Å². The molecule has 2 amide bonds. The van der Waals surface area contributed by atoms with E-state index in [0.29, 0.717) is 10.2 Å². The van der Waals surface area contributed by atoms with Gasteiger partial charge < -0.3 is 10.6 Å². The number of carbonyl (C=O) groups is 2. The van der Waals surface area contributed by atoms with Crippen molar-refractivity contribution in [2.24, 2.45) is 5.92 Å². The summed E-state index contributed by atoms with van der Waals surface area (Å²) in [4.78, 5) is 27.7. The van der Waals surface area contributed by atoms with Crippen LogP contribution in [0.15, 0.2) is 18.2 Å². The summed E-state index contributed by atoms with van der Waals surface area (Å²) in [6.07, 6.45) is 0. The Hall–Kier alpha value is -1.66. The Balaban J connectivity index is 2.17. The number of hydrogen-bond donors (Lipinski definition) is 2. The molecule has 0 bridgehead atoms. The number of thiazole rings is 1. The lowest BCUT2D eigenvalue weighted by Gasteiger charge is -2.19.